The number of rotatable bonds is 14. The number of nitrogens with zero attached hydrogens (tertiary/aromatic N) is 4. The van der Waals surface area contributed by atoms with Crippen molar-refractivity contribution in [3.05, 3.63) is 69.0 Å². The van der Waals surface area contributed by atoms with E-state index in [0.717, 1.165) is 49.4 Å². The van der Waals surface area contributed by atoms with Crippen LogP contribution in [0.5, 0.6) is 5.88 Å². The van der Waals surface area contributed by atoms with Crippen molar-refractivity contribution in [2.24, 2.45) is 5.16 Å². The normalized spacial score (nSPS) is 16.6. The molecule has 2 atom stereocenters. The second kappa shape index (κ2) is 14.3. The number of nitrogens with two attached hydrogens (primary N) is 1. The fourth-order valence-electron chi connectivity index (χ4n) is 4.26. The Balaban J connectivity index is 1.52. The molecular weight excluding hydrogens is 745 g/mol. The van der Waals surface area contributed by atoms with Gasteiger partial charge in [0.25, 0.3) is 17.7 Å². The van der Waals surface area contributed by atoms with Gasteiger partial charge in [0.05, 0.1) is 23.2 Å². The molecule has 4 rings (SSSR count). The Morgan fingerprint density at radius 3 is 2.43 bits per heavy atom. The number of thiazole rings is 1. The van der Waals surface area contributed by atoms with E-state index in [9.17, 15) is 60.8 Å². The van der Waals surface area contributed by atoms with Gasteiger partial charge in [0.15, 0.2) is 16.3 Å². The molecule has 3 aromatic rings. The van der Waals surface area contributed by atoms with Gasteiger partial charge in [-0.3, -0.25) is 23.7 Å². The van der Waals surface area contributed by atoms with Crippen LogP contribution in [-0.2, 0) is 46.1 Å². The number of oxime groups is 1. The number of anilines is 1. The summed E-state index contributed by atoms with van der Waals surface area (Å²) >= 11 is 0.861. The summed E-state index contributed by atoms with van der Waals surface area (Å²) in [6.45, 7) is 0.841. The molecule has 0 radical (unpaired) electrons. The van der Waals surface area contributed by atoms with Gasteiger partial charge in [-0.05, 0) is 32.0 Å². The Bertz CT molecular complexity index is 2220. The average molecular weight is 773 g/mol. The molecule has 1 aliphatic rings. The van der Waals surface area contributed by atoms with Crippen LogP contribution in [0.25, 0.3) is 0 Å². The van der Waals surface area contributed by atoms with E-state index in [2.05, 4.69) is 20.8 Å². The maximum atomic E-state index is 13.3. The van der Waals surface area contributed by atoms with Gasteiger partial charge in [0.2, 0.25) is 21.5 Å². The minimum Gasteiger partial charge on any atom is -0.492 e. The predicted molar refractivity (Wildman–Crippen MR) is 172 cm³/mol. The Labute approximate surface area is 291 Å². The molecule has 1 aromatic carbocycles. The molecular formula is C26H28N8O14S3. The van der Waals surface area contributed by atoms with E-state index in [4.69, 9.17) is 10.6 Å². The number of aromatic hydroxyl groups is 1. The van der Waals surface area contributed by atoms with Gasteiger partial charge < -0.3 is 36.6 Å². The lowest BCUT2D eigenvalue weighted by molar-refractivity contribution is -0.161. The highest BCUT2D eigenvalue weighted by atomic mass is 32.2. The molecule has 22 nitrogen and oxygen atoms in total. The highest BCUT2D eigenvalue weighted by Crippen LogP contribution is 2.25. The molecule has 3 heterocycles. The number of aromatic nitrogens is 2. The summed E-state index contributed by atoms with van der Waals surface area (Å²) in [7, 11) is -9.88. The number of hydrogen-bond acceptors (Lipinski definition) is 16. The van der Waals surface area contributed by atoms with Crippen LogP contribution >= 0.6 is 11.3 Å². The number of hydrogen-bond donors (Lipinski definition) is 8. The topological polar surface area (TPSA) is 339 Å². The van der Waals surface area contributed by atoms with E-state index in [1.807, 2.05) is 4.72 Å². The van der Waals surface area contributed by atoms with Gasteiger partial charge in [-0.15, -0.1) is 11.3 Å². The van der Waals surface area contributed by atoms with Gasteiger partial charge >= 0.3 is 16.3 Å². The van der Waals surface area contributed by atoms with E-state index in [1.165, 1.54) is 17.5 Å². The quantitative estimate of drug-likeness (QED) is 0.0284. The molecule has 1 fully saturated rings. The third kappa shape index (κ3) is 8.58. The van der Waals surface area contributed by atoms with E-state index < -0.39 is 96.7 Å². The number of sulfonamides is 1. The zero-order valence-corrected chi connectivity index (χ0v) is 28.5. The van der Waals surface area contributed by atoms with E-state index in [-0.39, 0.29) is 31.1 Å². The summed E-state index contributed by atoms with van der Waals surface area (Å²) in [6.07, 6.45) is 0. The summed E-state index contributed by atoms with van der Waals surface area (Å²) in [5.41, 5.74) is 1.67. The Kier molecular flexibility index (Phi) is 10.7. The number of carbonyl (C=O) groups is 4. The number of aliphatic carboxylic acids is 1. The summed E-state index contributed by atoms with van der Waals surface area (Å²) in [4.78, 5) is 70.2. The number of pyridine rings is 1. The molecule has 1 aliphatic heterocycles. The van der Waals surface area contributed by atoms with Crippen molar-refractivity contribution in [3.8, 4) is 5.88 Å². The maximum Gasteiger partial charge on any atom is 0.362 e. The van der Waals surface area contributed by atoms with Crippen molar-refractivity contribution in [3.63, 3.8) is 0 Å². The standard InChI is InChI=1S/C26H28N8O14S3/c1-26(2,24(40)41)48-32-19(16-11-49-25(27)30-16)22(38)31-20-17(34(23(20)39)51(45,46)47)10-29-50(43,44)15-5-3-4-12(6-15)21(37)28-9-13-7-14(35)8-18(36)33(13)42/h3-8,11,17,20,29,36,42H,9-10H2,1-2H3,(H2,27,30)(H,28,37)(H,31,38)(H,40,41)(H,45,46,47)/t17-,20+/m1/s1. The monoisotopic (exact) mass is 772 g/mol. The number of β-lactam (4-membered cyclic amide) rings is 1. The molecule has 0 spiro atoms. The number of nitrogens with one attached hydrogen (secondary N) is 3. The lowest BCUT2D eigenvalue weighted by Gasteiger charge is -2.44. The van der Waals surface area contributed by atoms with Gasteiger partial charge in [0.1, 0.15) is 11.7 Å². The van der Waals surface area contributed by atoms with E-state index >= 15 is 0 Å². The first kappa shape index (κ1) is 38.2. The van der Waals surface area contributed by atoms with Gasteiger partial charge in [-0.25, -0.2) is 27.2 Å². The smallest absolute Gasteiger partial charge is 0.362 e. The molecule has 2 aromatic heterocycles. The molecule has 0 aliphatic carbocycles. The van der Waals surface area contributed by atoms with E-state index in [1.54, 1.807) is 0 Å². The summed E-state index contributed by atoms with van der Waals surface area (Å²) in [5.74, 6) is -5.75. The molecule has 1 saturated heterocycles. The number of carboxylic acid groups (broad SMARTS) is 1. The number of benzene rings is 1. The molecule has 25 heteroatoms. The zero-order chi connectivity index (χ0) is 38.1. The third-order valence-corrected chi connectivity index (χ3v) is 10.00. The van der Waals surface area contributed by atoms with Gasteiger partial charge in [-0.2, -0.15) is 13.1 Å². The number of amides is 3. The van der Waals surface area contributed by atoms with Crippen molar-refractivity contribution < 1.29 is 60.8 Å². The van der Waals surface area contributed by atoms with Crippen LogP contribution < -0.4 is 26.5 Å². The molecule has 274 valence electrons. The maximum absolute atomic E-state index is 13.3. The van der Waals surface area contributed by atoms with Gasteiger partial charge in [-0.1, -0.05) is 11.2 Å². The highest BCUT2D eigenvalue weighted by molar-refractivity contribution is 7.89. The van der Waals surface area contributed by atoms with Crippen LogP contribution in [0.4, 0.5) is 5.13 Å². The van der Waals surface area contributed by atoms with Crippen LogP contribution in [0.15, 0.2) is 56.6 Å². The van der Waals surface area contributed by atoms with Crippen LogP contribution in [0.1, 0.15) is 35.6 Å². The fraction of sp³-hybridized carbons (Fsp3) is 0.269. The minimum atomic E-state index is -5.29. The van der Waals surface area contributed by atoms with Crippen LogP contribution in [0, 0.1) is 0 Å². The molecule has 3 amide bonds. The SMILES string of the molecule is CC(C)(ON=C(C(=O)N[C@@H]1C(=O)N(S(=O)(=O)O)[C@@H]1CNS(=O)(=O)c1cccc(C(=O)NCc2cc(=O)cc(O)n2O)c1)c1csc(N)n1)C(=O)O. The molecule has 0 unspecified atom stereocenters. The Hall–Kier alpha value is -5.63. The summed E-state index contributed by atoms with van der Waals surface area (Å²) < 4.78 is 62.2. The predicted octanol–water partition coefficient (Wildman–Crippen LogP) is -2.18. The molecule has 0 bridgehead atoms. The lowest BCUT2D eigenvalue weighted by atomic mass is 9.98. The van der Waals surface area contributed by atoms with Crippen LogP contribution in [-0.4, -0.2) is 104 Å². The first-order valence-corrected chi connectivity index (χ1v) is 17.7. The minimum absolute atomic E-state index is 0.0401. The van der Waals surface area contributed by atoms with Crippen molar-refractivity contribution in [1.29, 1.82) is 0 Å². The average Bonchev–Trinajstić information content (AvgIpc) is 3.47. The molecule has 0 saturated carbocycles. The number of carboxylic acids is 1. The first-order valence-electron chi connectivity index (χ1n) is 14.0. The van der Waals surface area contributed by atoms with Crippen molar-refractivity contribution >= 4 is 66.2 Å². The summed E-state index contributed by atoms with van der Waals surface area (Å²) in [5, 5.41) is 38.0. The van der Waals surface area contributed by atoms with E-state index in [0.29, 0.717) is 0 Å². The van der Waals surface area contributed by atoms with Crippen molar-refractivity contribution in [2.45, 2.75) is 43.0 Å². The van der Waals surface area contributed by atoms with Crippen molar-refractivity contribution in [1.82, 2.24) is 29.4 Å². The third-order valence-electron chi connectivity index (χ3n) is 6.95. The van der Waals surface area contributed by atoms with Crippen LogP contribution in [0.3, 0.4) is 0 Å². The largest absolute Gasteiger partial charge is 0.492 e. The number of carbonyl (C=O) groups excluding carboxylic acids is 3. The fourth-order valence-corrected chi connectivity index (χ4v) is 6.78. The highest BCUT2D eigenvalue weighted by Gasteiger charge is 2.54. The molecule has 51 heavy (non-hydrogen) atoms. The Morgan fingerprint density at radius 2 is 1.82 bits per heavy atom. The summed E-state index contributed by atoms with van der Waals surface area (Å²) in [6, 6.07) is 2.48. The number of nitrogen functional groups attached to an aromatic ring is 1. The molecule has 9 N–H and O–H groups in total. The second-order valence-corrected chi connectivity index (χ2v) is 14.9. The first-order chi connectivity index (χ1) is 23.6. The van der Waals surface area contributed by atoms with Crippen molar-refractivity contribution in [2.75, 3.05) is 12.3 Å². The second-order valence-electron chi connectivity index (χ2n) is 11.0. The lowest BCUT2D eigenvalue weighted by Crippen LogP contribution is -2.74. The zero-order valence-electron chi connectivity index (χ0n) is 26.1. The van der Waals surface area contributed by atoms with Crippen LogP contribution in [0.2, 0.25) is 0 Å². The Morgan fingerprint density at radius 1 is 1.14 bits per heavy atom. The van der Waals surface area contributed by atoms with Gasteiger partial charge in [0, 0.05) is 29.6 Å².